The molecule has 0 radical (unpaired) electrons. The van der Waals surface area contributed by atoms with Crippen molar-refractivity contribution in [2.75, 3.05) is 0 Å². The van der Waals surface area contributed by atoms with E-state index in [1.807, 2.05) is 30.3 Å². The maximum atomic E-state index is 13.1. The number of hydrogen-bond donors (Lipinski definition) is 0. The van der Waals surface area contributed by atoms with E-state index in [0.29, 0.717) is 22.7 Å². The van der Waals surface area contributed by atoms with Crippen LogP contribution in [0.1, 0.15) is 11.1 Å². The van der Waals surface area contributed by atoms with Crippen LogP contribution in [0.4, 0.5) is 0 Å². The SMILES string of the molecule is Cn1c(=O)n(Cc2ccc(Cl)cc2)c(=O)c2c1ncn2Cc1ccccc1. The lowest BCUT2D eigenvalue weighted by molar-refractivity contribution is 0.653. The monoisotopic (exact) mass is 380 g/mol. The van der Waals surface area contributed by atoms with Crippen molar-refractivity contribution in [3.63, 3.8) is 0 Å². The molecule has 2 heterocycles. The largest absolute Gasteiger partial charge is 0.332 e. The summed E-state index contributed by atoms with van der Waals surface area (Å²) in [4.78, 5) is 30.1. The molecule has 0 aliphatic carbocycles. The van der Waals surface area contributed by atoms with Gasteiger partial charge in [0.25, 0.3) is 5.56 Å². The Balaban J connectivity index is 1.85. The van der Waals surface area contributed by atoms with Crippen LogP contribution in [0, 0.1) is 0 Å². The lowest BCUT2D eigenvalue weighted by Gasteiger charge is -2.10. The van der Waals surface area contributed by atoms with Gasteiger partial charge < -0.3 is 4.57 Å². The van der Waals surface area contributed by atoms with Crippen molar-refractivity contribution in [1.29, 1.82) is 0 Å². The summed E-state index contributed by atoms with van der Waals surface area (Å²) in [7, 11) is 1.63. The van der Waals surface area contributed by atoms with E-state index in [-0.39, 0.29) is 12.1 Å². The molecule has 7 heteroatoms. The molecule has 0 aliphatic heterocycles. The zero-order valence-corrected chi connectivity index (χ0v) is 15.4. The molecule has 136 valence electrons. The summed E-state index contributed by atoms with van der Waals surface area (Å²) in [5.41, 5.74) is 1.92. The average molecular weight is 381 g/mol. The molecule has 27 heavy (non-hydrogen) atoms. The summed E-state index contributed by atoms with van der Waals surface area (Å²) in [6, 6.07) is 16.9. The molecule has 0 amide bonds. The number of fused-ring (bicyclic) bond motifs is 1. The minimum atomic E-state index is -0.396. The average Bonchev–Trinajstić information content (AvgIpc) is 3.09. The third-order valence-electron chi connectivity index (χ3n) is 4.55. The molecule has 0 fully saturated rings. The minimum absolute atomic E-state index is 0.176. The van der Waals surface area contributed by atoms with E-state index in [1.165, 1.54) is 9.13 Å². The number of nitrogens with zero attached hydrogens (tertiary/aromatic N) is 4. The smallest absolute Gasteiger partial charge is 0.320 e. The van der Waals surface area contributed by atoms with Gasteiger partial charge in [-0.1, -0.05) is 54.1 Å². The molecule has 4 aromatic rings. The van der Waals surface area contributed by atoms with Crippen molar-refractivity contribution in [2.45, 2.75) is 13.1 Å². The second-order valence-electron chi connectivity index (χ2n) is 6.39. The van der Waals surface area contributed by atoms with Crippen molar-refractivity contribution in [2.24, 2.45) is 7.05 Å². The Kier molecular flexibility index (Phi) is 4.41. The number of benzene rings is 2. The highest BCUT2D eigenvalue weighted by Crippen LogP contribution is 2.12. The Labute approximate surface area is 159 Å². The first-order valence-electron chi connectivity index (χ1n) is 8.47. The van der Waals surface area contributed by atoms with Crippen LogP contribution < -0.4 is 11.2 Å². The molecule has 6 nitrogen and oxygen atoms in total. The third-order valence-corrected chi connectivity index (χ3v) is 4.80. The van der Waals surface area contributed by atoms with Gasteiger partial charge in [-0.2, -0.15) is 0 Å². The Morgan fingerprint density at radius 1 is 0.926 bits per heavy atom. The summed E-state index contributed by atoms with van der Waals surface area (Å²) in [5.74, 6) is 0. The Morgan fingerprint density at radius 3 is 2.30 bits per heavy atom. The van der Waals surface area contributed by atoms with E-state index < -0.39 is 5.69 Å². The Hall–Kier alpha value is -3.12. The van der Waals surface area contributed by atoms with E-state index in [9.17, 15) is 9.59 Å². The number of hydrogen-bond acceptors (Lipinski definition) is 3. The number of rotatable bonds is 4. The van der Waals surface area contributed by atoms with Crippen molar-refractivity contribution in [3.05, 3.63) is 97.9 Å². The van der Waals surface area contributed by atoms with Gasteiger partial charge in [-0.15, -0.1) is 0 Å². The van der Waals surface area contributed by atoms with E-state index in [0.717, 1.165) is 11.1 Å². The normalized spacial score (nSPS) is 11.2. The molecular weight excluding hydrogens is 364 g/mol. The molecule has 0 saturated carbocycles. The van der Waals surface area contributed by atoms with Gasteiger partial charge in [-0.25, -0.2) is 9.78 Å². The quantitative estimate of drug-likeness (QED) is 0.547. The highest BCUT2D eigenvalue weighted by molar-refractivity contribution is 6.30. The van der Waals surface area contributed by atoms with Crippen LogP contribution in [-0.2, 0) is 20.1 Å². The van der Waals surface area contributed by atoms with E-state index in [4.69, 9.17) is 11.6 Å². The van der Waals surface area contributed by atoms with Crippen molar-refractivity contribution in [3.8, 4) is 0 Å². The maximum absolute atomic E-state index is 13.1. The second-order valence-corrected chi connectivity index (χ2v) is 6.83. The van der Waals surface area contributed by atoms with Gasteiger partial charge in [-0.3, -0.25) is 13.9 Å². The van der Waals surface area contributed by atoms with Gasteiger partial charge in [0, 0.05) is 18.6 Å². The predicted octanol–water partition coefficient (Wildman–Crippen LogP) is 2.65. The standard InChI is InChI=1S/C20H17ClN4O2/c1-23-18-17(24(13-22-18)11-14-5-3-2-4-6-14)19(26)25(20(23)27)12-15-7-9-16(21)10-8-15/h2-10,13H,11-12H2,1H3. The van der Waals surface area contributed by atoms with Gasteiger partial charge >= 0.3 is 5.69 Å². The van der Waals surface area contributed by atoms with Crippen LogP contribution in [0.2, 0.25) is 5.02 Å². The maximum Gasteiger partial charge on any atom is 0.332 e. The molecule has 0 N–H and O–H groups in total. The van der Waals surface area contributed by atoms with Gasteiger partial charge in [0.1, 0.15) is 0 Å². The summed E-state index contributed by atoms with van der Waals surface area (Å²) < 4.78 is 4.42. The van der Waals surface area contributed by atoms with Gasteiger partial charge in [0.2, 0.25) is 0 Å². The van der Waals surface area contributed by atoms with Crippen LogP contribution in [0.5, 0.6) is 0 Å². The Morgan fingerprint density at radius 2 is 1.59 bits per heavy atom. The van der Waals surface area contributed by atoms with E-state index in [1.54, 1.807) is 42.2 Å². The second kappa shape index (κ2) is 6.89. The highest BCUT2D eigenvalue weighted by Gasteiger charge is 2.16. The first-order chi connectivity index (χ1) is 13.0. The molecule has 0 saturated heterocycles. The van der Waals surface area contributed by atoms with Crippen molar-refractivity contribution < 1.29 is 0 Å². The first-order valence-corrected chi connectivity index (χ1v) is 8.85. The first kappa shape index (κ1) is 17.3. The van der Waals surface area contributed by atoms with Crippen LogP contribution >= 0.6 is 11.6 Å². The summed E-state index contributed by atoms with van der Waals surface area (Å²) >= 11 is 5.92. The topological polar surface area (TPSA) is 61.8 Å². The molecular formula is C20H17ClN4O2. The molecule has 0 unspecified atom stereocenters. The number of aryl methyl sites for hydroxylation is 1. The minimum Gasteiger partial charge on any atom is -0.320 e. The van der Waals surface area contributed by atoms with Crippen LogP contribution in [0.15, 0.2) is 70.5 Å². The number of halogens is 1. The molecule has 0 aliphatic rings. The van der Waals surface area contributed by atoms with Crippen LogP contribution in [0.25, 0.3) is 11.2 Å². The summed E-state index contributed by atoms with van der Waals surface area (Å²) in [5, 5.41) is 0.607. The lowest BCUT2D eigenvalue weighted by Crippen LogP contribution is -2.40. The van der Waals surface area contributed by atoms with Gasteiger partial charge in [-0.05, 0) is 23.3 Å². The van der Waals surface area contributed by atoms with Gasteiger partial charge in [0.15, 0.2) is 11.2 Å². The summed E-state index contributed by atoms with van der Waals surface area (Å²) in [6.45, 7) is 0.681. The van der Waals surface area contributed by atoms with Crippen molar-refractivity contribution in [1.82, 2.24) is 18.7 Å². The Bertz CT molecular complexity index is 1220. The molecule has 2 aromatic carbocycles. The molecule has 4 rings (SSSR count). The van der Waals surface area contributed by atoms with Crippen molar-refractivity contribution >= 4 is 22.8 Å². The summed E-state index contributed by atoms with van der Waals surface area (Å²) in [6.07, 6.45) is 1.60. The highest BCUT2D eigenvalue weighted by atomic mass is 35.5. The zero-order chi connectivity index (χ0) is 19.0. The third kappa shape index (κ3) is 3.19. The molecule has 0 atom stereocenters. The zero-order valence-electron chi connectivity index (χ0n) is 14.7. The fourth-order valence-electron chi connectivity index (χ4n) is 3.13. The van der Waals surface area contributed by atoms with Gasteiger partial charge in [0.05, 0.1) is 12.9 Å². The van der Waals surface area contributed by atoms with Crippen LogP contribution in [-0.4, -0.2) is 18.7 Å². The fraction of sp³-hybridized carbons (Fsp3) is 0.150. The lowest BCUT2D eigenvalue weighted by atomic mass is 10.2. The number of imidazole rings is 1. The molecule has 2 aromatic heterocycles. The fourth-order valence-corrected chi connectivity index (χ4v) is 3.26. The van der Waals surface area contributed by atoms with Crippen LogP contribution in [0.3, 0.4) is 0 Å². The molecule has 0 spiro atoms. The number of aromatic nitrogens is 4. The van der Waals surface area contributed by atoms with E-state index >= 15 is 0 Å². The predicted molar refractivity (Wildman–Crippen MR) is 105 cm³/mol. The van der Waals surface area contributed by atoms with E-state index in [2.05, 4.69) is 4.98 Å². The molecule has 0 bridgehead atoms.